The summed E-state index contributed by atoms with van der Waals surface area (Å²) >= 11 is 0. The first kappa shape index (κ1) is 13.3. The highest BCUT2D eigenvalue weighted by Gasteiger charge is 2.23. The lowest BCUT2D eigenvalue weighted by Crippen LogP contribution is -2.05. The van der Waals surface area contributed by atoms with Crippen molar-refractivity contribution in [2.75, 3.05) is 6.54 Å². The van der Waals surface area contributed by atoms with Gasteiger partial charge in [0.05, 0.1) is 0 Å². The molecule has 0 radical (unpaired) electrons. The molecule has 0 atom stereocenters. The van der Waals surface area contributed by atoms with Crippen LogP contribution in [0.5, 0.6) is 0 Å². The van der Waals surface area contributed by atoms with Crippen LogP contribution in [0, 0.1) is 0 Å². The van der Waals surface area contributed by atoms with E-state index >= 15 is 0 Å². The third kappa shape index (κ3) is 2.48. The van der Waals surface area contributed by atoms with Crippen LogP contribution in [0.4, 0.5) is 0 Å². The van der Waals surface area contributed by atoms with Gasteiger partial charge in [0.2, 0.25) is 0 Å². The first-order valence-corrected chi connectivity index (χ1v) is 7.49. The monoisotopic (exact) mass is 270 g/mol. The normalized spacial score (nSPS) is 15.9. The van der Waals surface area contributed by atoms with Gasteiger partial charge in [-0.1, -0.05) is 37.1 Å². The highest BCUT2D eigenvalue weighted by molar-refractivity contribution is 5.60. The van der Waals surface area contributed by atoms with Gasteiger partial charge in [-0.15, -0.1) is 0 Å². The molecule has 1 aliphatic carbocycles. The van der Waals surface area contributed by atoms with Crippen molar-refractivity contribution >= 4 is 0 Å². The minimum Gasteiger partial charge on any atom is -0.330 e. The van der Waals surface area contributed by atoms with Crippen molar-refractivity contribution in [1.82, 2.24) is 14.8 Å². The summed E-state index contributed by atoms with van der Waals surface area (Å²) in [6.45, 7) is 0.657. The van der Waals surface area contributed by atoms with Crippen LogP contribution in [0.2, 0.25) is 0 Å². The van der Waals surface area contributed by atoms with Gasteiger partial charge < -0.3 is 5.73 Å². The molecule has 106 valence electrons. The van der Waals surface area contributed by atoms with E-state index < -0.39 is 0 Å². The quantitative estimate of drug-likeness (QED) is 0.929. The number of nitrogens with zero attached hydrogens (tertiary/aromatic N) is 3. The number of rotatable bonds is 4. The van der Waals surface area contributed by atoms with Crippen LogP contribution in [0.25, 0.3) is 11.4 Å². The lowest BCUT2D eigenvalue weighted by molar-refractivity contribution is 0.648. The molecule has 0 unspecified atom stereocenters. The molecule has 1 fully saturated rings. The van der Waals surface area contributed by atoms with Gasteiger partial charge >= 0.3 is 0 Å². The standard InChI is InChI=1S/C16H22N4/c1-20-16(14-9-5-4-6-12(14)10-11-17)18-15(19-20)13-7-2-3-8-13/h4-6,9,13H,2-3,7-8,10-11,17H2,1H3. The Morgan fingerprint density at radius 1 is 1.25 bits per heavy atom. The van der Waals surface area contributed by atoms with E-state index in [4.69, 9.17) is 10.7 Å². The molecular formula is C16H22N4. The average molecular weight is 270 g/mol. The Morgan fingerprint density at radius 3 is 2.75 bits per heavy atom. The predicted molar refractivity (Wildman–Crippen MR) is 80.4 cm³/mol. The van der Waals surface area contributed by atoms with Gasteiger partial charge in [-0.2, -0.15) is 5.10 Å². The Morgan fingerprint density at radius 2 is 2.00 bits per heavy atom. The Kier molecular flexibility index (Phi) is 3.83. The first-order chi connectivity index (χ1) is 9.79. The Labute approximate surface area is 120 Å². The molecule has 1 aliphatic rings. The SMILES string of the molecule is Cn1nc(C2CCCC2)nc1-c1ccccc1CCN. The zero-order valence-corrected chi connectivity index (χ0v) is 12.0. The van der Waals surface area contributed by atoms with Crippen molar-refractivity contribution in [3.63, 3.8) is 0 Å². The van der Waals surface area contributed by atoms with Crippen LogP contribution in [0.15, 0.2) is 24.3 Å². The molecule has 2 aromatic rings. The third-order valence-corrected chi connectivity index (χ3v) is 4.17. The molecule has 0 bridgehead atoms. The lowest BCUT2D eigenvalue weighted by atomic mass is 10.0. The zero-order valence-electron chi connectivity index (χ0n) is 12.0. The van der Waals surface area contributed by atoms with Crippen LogP contribution in [-0.2, 0) is 13.5 Å². The fourth-order valence-corrected chi connectivity index (χ4v) is 3.11. The molecule has 1 aromatic carbocycles. The van der Waals surface area contributed by atoms with Crippen LogP contribution in [-0.4, -0.2) is 21.3 Å². The minimum atomic E-state index is 0.552. The molecular weight excluding hydrogens is 248 g/mol. The molecule has 0 amide bonds. The second-order valence-electron chi connectivity index (χ2n) is 5.59. The van der Waals surface area contributed by atoms with Crippen molar-refractivity contribution in [3.05, 3.63) is 35.7 Å². The number of hydrogen-bond acceptors (Lipinski definition) is 3. The van der Waals surface area contributed by atoms with E-state index in [9.17, 15) is 0 Å². The highest BCUT2D eigenvalue weighted by atomic mass is 15.3. The van der Waals surface area contributed by atoms with Gasteiger partial charge in [-0.25, -0.2) is 9.67 Å². The highest BCUT2D eigenvalue weighted by Crippen LogP contribution is 2.33. The van der Waals surface area contributed by atoms with Crippen molar-refractivity contribution in [1.29, 1.82) is 0 Å². The molecule has 1 aromatic heterocycles. The Balaban J connectivity index is 1.97. The molecule has 1 saturated carbocycles. The fraction of sp³-hybridized carbons (Fsp3) is 0.500. The average Bonchev–Trinajstić information content (AvgIpc) is 3.09. The van der Waals surface area contributed by atoms with Gasteiger partial charge in [-0.05, 0) is 31.4 Å². The molecule has 3 rings (SSSR count). The molecule has 1 heterocycles. The van der Waals surface area contributed by atoms with E-state index in [-0.39, 0.29) is 0 Å². The van der Waals surface area contributed by atoms with Gasteiger partial charge in [-0.3, -0.25) is 0 Å². The summed E-state index contributed by atoms with van der Waals surface area (Å²) in [6.07, 6.45) is 5.95. The maximum Gasteiger partial charge on any atom is 0.158 e. The Hall–Kier alpha value is -1.68. The van der Waals surface area contributed by atoms with Crippen LogP contribution < -0.4 is 5.73 Å². The van der Waals surface area contributed by atoms with Gasteiger partial charge in [0, 0.05) is 18.5 Å². The first-order valence-electron chi connectivity index (χ1n) is 7.49. The fourth-order valence-electron chi connectivity index (χ4n) is 3.11. The van der Waals surface area contributed by atoms with Gasteiger partial charge in [0.25, 0.3) is 0 Å². The van der Waals surface area contributed by atoms with E-state index in [1.54, 1.807) is 0 Å². The maximum absolute atomic E-state index is 5.71. The zero-order chi connectivity index (χ0) is 13.9. The van der Waals surface area contributed by atoms with Crippen LogP contribution in [0.3, 0.4) is 0 Å². The van der Waals surface area contributed by atoms with Crippen LogP contribution in [0.1, 0.15) is 43.0 Å². The van der Waals surface area contributed by atoms with E-state index in [2.05, 4.69) is 29.4 Å². The van der Waals surface area contributed by atoms with E-state index in [1.807, 2.05) is 11.7 Å². The van der Waals surface area contributed by atoms with Gasteiger partial charge in [0.1, 0.15) is 0 Å². The molecule has 20 heavy (non-hydrogen) atoms. The molecule has 2 N–H and O–H groups in total. The summed E-state index contributed by atoms with van der Waals surface area (Å²) in [5.74, 6) is 2.54. The summed E-state index contributed by atoms with van der Waals surface area (Å²) in [4.78, 5) is 4.82. The summed E-state index contributed by atoms with van der Waals surface area (Å²) in [6, 6.07) is 8.36. The van der Waals surface area contributed by atoms with Crippen molar-refractivity contribution in [3.8, 4) is 11.4 Å². The largest absolute Gasteiger partial charge is 0.330 e. The van der Waals surface area contributed by atoms with Crippen molar-refractivity contribution in [2.45, 2.75) is 38.0 Å². The number of hydrogen-bond donors (Lipinski definition) is 1. The number of benzene rings is 1. The predicted octanol–water partition coefficient (Wildman–Crippen LogP) is 2.64. The molecule has 4 heteroatoms. The minimum absolute atomic E-state index is 0.552. The topological polar surface area (TPSA) is 56.7 Å². The lowest BCUT2D eigenvalue weighted by Gasteiger charge is -2.07. The van der Waals surface area contributed by atoms with Gasteiger partial charge in [0.15, 0.2) is 11.6 Å². The second-order valence-corrected chi connectivity index (χ2v) is 5.59. The van der Waals surface area contributed by atoms with Crippen LogP contribution >= 0.6 is 0 Å². The van der Waals surface area contributed by atoms with E-state index in [1.165, 1.54) is 31.2 Å². The number of aryl methyl sites for hydroxylation is 1. The number of aromatic nitrogens is 3. The maximum atomic E-state index is 5.71. The summed E-state index contributed by atoms with van der Waals surface area (Å²) in [5, 5.41) is 4.64. The van der Waals surface area contributed by atoms with Crippen molar-refractivity contribution < 1.29 is 0 Å². The smallest absolute Gasteiger partial charge is 0.158 e. The second kappa shape index (κ2) is 5.75. The molecule has 0 saturated heterocycles. The summed E-state index contributed by atoms with van der Waals surface area (Å²) in [5.41, 5.74) is 8.12. The van der Waals surface area contributed by atoms with Crippen molar-refractivity contribution in [2.24, 2.45) is 12.8 Å². The summed E-state index contributed by atoms with van der Waals surface area (Å²) < 4.78 is 1.92. The van der Waals surface area contributed by atoms with E-state index in [0.29, 0.717) is 12.5 Å². The molecule has 0 aliphatic heterocycles. The number of nitrogens with two attached hydrogens (primary N) is 1. The molecule has 0 spiro atoms. The Bertz CT molecular complexity index is 582. The summed E-state index contributed by atoms with van der Waals surface area (Å²) in [7, 11) is 1.99. The van der Waals surface area contributed by atoms with E-state index in [0.717, 1.165) is 23.6 Å². The third-order valence-electron chi connectivity index (χ3n) is 4.17. The molecule has 4 nitrogen and oxygen atoms in total.